The second kappa shape index (κ2) is 37.6. The molecular weight excluding hydrogens is 803 g/mol. The molecule has 0 rings (SSSR count). The minimum absolute atomic E-state index is 0. The third-order valence-electron chi connectivity index (χ3n) is 10.1. The maximum atomic E-state index is 13.0. The maximum Gasteiger partial charge on any atom is 0.364 e. The molecule has 0 saturated carbocycles. The predicted molar refractivity (Wildman–Crippen MR) is 222 cm³/mol. The zero-order valence-electron chi connectivity index (χ0n) is 38.2. The number of hydrogen-bond donors (Lipinski definition) is 1. The number of ether oxygens (including phenoxy) is 5. The Kier molecular flexibility index (Phi) is 38.9. The van der Waals surface area contributed by atoms with E-state index in [4.69, 9.17) is 23.7 Å². The van der Waals surface area contributed by atoms with E-state index in [0.717, 1.165) is 70.6 Å². The lowest BCUT2D eigenvalue weighted by molar-refractivity contribution is -0.883. The Bertz CT molecular complexity index is 1110. The summed E-state index contributed by atoms with van der Waals surface area (Å²) in [5, 5.41) is 11.1. The maximum absolute atomic E-state index is 13.0. The van der Waals surface area contributed by atoms with Gasteiger partial charge in [-0.05, 0) is 32.1 Å². The standard InChI is InChI=1S/C44H84N2O11.2ClH/c1-9-11-13-15-17-22-26-30-44(57-43(52)36-46(7,8)32-34-54-38(4)48)56-41(50)29-25-21-18-19-23-27-39(49)40(28-24-20-16-14-12-10-2)55-42(51)35-45(5,6)31-33-53-37(3)47;;/h39-40,44,49H,9-36H2,1-8H3;2*1H/q+2;;/p-2. The van der Waals surface area contributed by atoms with E-state index >= 15 is 0 Å². The van der Waals surface area contributed by atoms with Crippen molar-refractivity contribution in [2.45, 2.75) is 187 Å². The van der Waals surface area contributed by atoms with Crippen LogP contribution in [0.3, 0.4) is 0 Å². The molecule has 0 spiro atoms. The Morgan fingerprint density at radius 2 is 0.864 bits per heavy atom. The van der Waals surface area contributed by atoms with Crippen LogP contribution in [0, 0.1) is 0 Å². The fourth-order valence-corrected chi connectivity index (χ4v) is 6.53. The number of halogens is 2. The van der Waals surface area contributed by atoms with Crippen molar-refractivity contribution in [3.63, 3.8) is 0 Å². The number of aliphatic hydroxyl groups excluding tert-OH is 1. The predicted octanol–water partition coefficient (Wildman–Crippen LogP) is 1.58. The third kappa shape index (κ3) is 38.5. The monoisotopic (exact) mass is 887 g/mol. The van der Waals surface area contributed by atoms with E-state index < -0.39 is 24.5 Å². The second-order valence-electron chi connectivity index (χ2n) is 17.1. The van der Waals surface area contributed by atoms with E-state index in [2.05, 4.69) is 13.8 Å². The number of rotatable bonds is 37. The molecule has 0 aliphatic heterocycles. The zero-order valence-corrected chi connectivity index (χ0v) is 39.7. The first-order chi connectivity index (χ1) is 27.0. The normalized spacial score (nSPS) is 12.9. The summed E-state index contributed by atoms with van der Waals surface area (Å²) in [6.07, 6.45) is 17.8. The van der Waals surface area contributed by atoms with Gasteiger partial charge in [0.2, 0.25) is 6.29 Å². The second-order valence-corrected chi connectivity index (χ2v) is 17.1. The Balaban J connectivity index is -0.0000157. The van der Waals surface area contributed by atoms with Crippen molar-refractivity contribution < 1.29 is 86.5 Å². The van der Waals surface area contributed by atoms with Crippen molar-refractivity contribution in [3.8, 4) is 0 Å². The van der Waals surface area contributed by atoms with E-state index in [9.17, 15) is 29.1 Å². The number of unbranched alkanes of at least 4 members (excludes halogenated alkanes) is 15. The molecule has 15 heteroatoms. The van der Waals surface area contributed by atoms with Crippen LogP contribution in [0.1, 0.15) is 169 Å². The minimum Gasteiger partial charge on any atom is -1.00 e. The number of quaternary nitrogens is 2. The van der Waals surface area contributed by atoms with Crippen molar-refractivity contribution in [1.82, 2.24) is 0 Å². The molecule has 0 radical (unpaired) electrons. The van der Waals surface area contributed by atoms with Gasteiger partial charge in [-0.3, -0.25) is 14.4 Å². The van der Waals surface area contributed by atoms with E-state index in [1.807, 2.05) is 28.2 Å². The highest BCUT2D eigenvalue weighted by atomic mass is 35.5. The molecule has 0 bridgehead atoms. The minimum atomic E-state index is -0.931. The molecule has 0 aliphatic carbocycles. The fourth-order valence-electron chi connectivity index (χ4n) is 6.53. The lowest BCUT2D eigenvalue weighted by Crippen LogP contribution is -3.00. The van der Waals surface area contributed by atoms with Gasteiger partial charge in [-0.25, -0.2) is 9.59 Å². The van der Waals surface area contributed by atoms with E-state index in [1.54, 1.807) is 0 Å². The molecule has 0 amide bonds. The third-order valence-corrected chi connectivity index (χ3v) is 10.1. The smallest absolute Gasteiger partial charge is 0.364 e. The van der Waals surface area contributed by atoms with E-state index in [1.165, 1.54) is 52.4 Å². The molecule has 0 saturated heterocycles. The average Bonchev–Trinajstić information content (AvgIpc) is 3.10. The molecule has 3 atom stereocenters. The topological polar surface area (TPSA) is 152 Å². The molecule has 0 heterocycles. The number of aliphatic hydroxyl groups is 1. The van der Waals surface area contributed by atoms with Gasteiger partial charge < -0.3 is 62.6 Å². The van der Waals surface area contributed by atoms with Crippen molar-refractivity contribution >= 4 is 29.8 Å². The summed E-state index contributed by atoms with van der Waals surface area (Å²) in [4.78, 5) is 60.9. The van der Waals surface area contributed by atoms with Gasteiger partial charge in [-0.2, -0.15) is 0 Å². The fraction of sp³-hybridized carbons (Fsp3) is 0.886. The highest BCUT2D eigenvalue weighted by molar-refractivity contribution is 5.72. The SMILES string of the molecule is CCCCCCCCCC(OC(=O)CCCCCCCC(O)C(CCCCCCCC)OC(=O)C[N+](C)(C)CCOC(C)=O)OC(=O)C[N+](C)(C)CCOC(C)=O.[Cl-].[Cl-]. The highest BCUT2D eigenvalue weighted by Crippen LogP contribution is 2.19. The summed E-state index contributed by atoms with van der Waals surface area (Å²) in [5.74, 6) is -1.95. The highest BCUT2D eigenvalue weighted by Gasteiger charge is 2.28. The van der Waals surface area contributed by atoms with Crippen LogP contribution in [0.15, 0.2) is 0 Å². The summed E-state index contributed by atoms with van der Waals surface area (Å²) < 4.78 is 27.9. The van der Waals surface area contributed by atoms with Gasteiger partial charge >= 0.3 is 29.8 Å². The van der Waals surface area contributed by atoms with Crippen LogP contribution in [-0.2, 0) is 47.7 Å². The molecule has 350 valence electrons. The van der Waals surface area contributed by atoms with Gasteiger partial charge in [0.1, 0.15) is 32.4 Å². The largest absolute Gasteiger partial charge is 1.00 e. The van der Waals surface area contributed by atoms with Crippen molar-refractivity contribution in [2.24, 2.45) is 0 Å². The first kappa shape index (κ1) is 61.1. The molecule has 0 aliphatic rings. The Morgan fingerprint density at radius 1 is 0.492 bits per heavy atom. The van der Waals surface area contributed by atoms with E-state index in [0.29, 0.717) is 43.3 Å². The van der Waals surface area contributed by atoms with Gasteiger partial charge in [-0.15, -0.1) is 0 Å². The van der Waals surface area contributed by atoms with Crippen LogP contribution in [0.5, 0.6) is 0 Å². The molecule has 59 heavy (non-hydrogen) atoms. The average molecular weight is 888 g/mol. The summed E-state index contributed by atoms with van der Waals surface area (Å²) >= 11 is 0. The van der Waals surface area contributed by atoms with Crippen LogP contribution in [0.2, 0.25) is 0 Å². The molecular formula is C44H84Cl2N2O11. The molecule has 0 aromatic rings. The summed E-state index contributed by atoms with van der Waals surface area (Å²) in [5.41, 5.74) is 0. The number of nitrogens with zero attached hydrogens (tertiary/aromatic N) is 2. The first-order valence-corrected chi connectivity index (χ1v) is 22.2. The summed E-state index contributed by atoms with van der Waals surface area (Å²) in [6, 6.07) is 0. The van der Waals surface area contributed by atoms with Crippen molar-refractivity contribution in [1.29, 1.82) is 0 Å². The Morgan fingerprint density at radius 3 is 1.32 bits per heavy atom. The van der Waals surface area contributed by atoms with Crippen LogP contribution in [-0.4, -0.2) is 130 Å². The lowest BCUT2D eigenvalue weighted by Gasteiger charge is -2.30. The zero-order chi connectivity index (χ0) is 43.0. The molecule has 3 unspecified atom stereocenters. The van der Waals surface area contributed by atoms with Crippen molar-refractivity contribution in [3.05, 3.63) is 0 Å². The summed E-state index contributed by atoms with van der Waals surface area (Å²) in [6.45, 7) is 8.58. The molecule has 0 aromatic carbocycles. The van der Waals surface area contributed by atoms with Gasteiger partial charge in [0.25, 0.3) is 0 Å². The molecule has 1 N–H and O–H groups in total. The first-order valence-electron chi connectivity index (χ1n) is 22.2. The van der Waals surface area contributed by atoms with Crippen LogP contribution < -0.4 is 24.8 Å². The molecule has 0 fully saturated rings. The van der Waals surface area contributed by atoms with Gasteiger partial charge in [0.05, 0.1) is 34.3 Å². The molecule has 13 nitrogen and oxygen atoms in total. The number of carbonyl (C=O) groups is 5. The number of esters is 5. The lowest BCUT2D eigenvalue weighted by atomic mass is 9.99. The number of likely N-dealkylation sites (N-methyl/N-ethyl adjacent to an activating group) is 2. The number of hydrogen-bond acceptors (Lipinski definition) is 11. The van der Waals surface area contributed by atoms with Crippen LogP contribution in [0.4, 0.5) is 0 Å². The Hall–Kier alpha value is -2.19. The van der Waals surface area contributed by atoms with Gasteiger partial charge in [0.15, 0.2) is 13.1 Å². The number of carbonyl (C=O) groups excluding carboxylic acids is 5. The van der Waals surface area contributed by atoms with Crippen LogP contribution >= 0.6 is 0 Å². The van der Waals surface area contributed by atoms with Crippen LogP contribution in [0.25, 0.3) is 0 Å². The Labute approximate surface area is 370 Å². The summed E-state index contributed by atoms with van der Waals surface area (Å²) in [7, 11) is 7.47. The molecule has 0 aromatic heterocycles. The quantitative estimate of drug-likeness (QED) is 0.0319. The van der Waals surface area contributed by atoms with Gasteiger partial charge in [0, 0.05) is 26.7 Å². The van der Waals surface area contributed by atoms with E-state index in [-0.39, 0.29) is 85.9 Å². The van der Waals surface area contributed by atoms with Crippen molar-refractivity contribution in [2.75, 3.05) is 67.6 Å². The van der Waals surface area contributed by atoms with Gasteiger partial charge in [-0.1, -0.05) is 110 Å².